The van der Waals surface area contributed by atoms with Crippen molar-refractivity contribution in [3.05, 3.63) is 43.0 Å². The number of aliphatic hydroxyl groups excluding tert-OH is 1. The van der Waals surface area contributed by atoms with Crippen LogP contribution in [0.5, 0.6) is 5.75 Å². The van der Waals surface area contributed by atoms with Crippen LogP contribution < -0.4 is 15.3 Å². The summed E-state index contributed by atoms with van der Waals surface area (Å²) in [7, 11) is -4.24. The number of nitrogens with zero attached hydrogens (tertiary/aromatic N) is 4. The highest BCUT2D eigenvalue weighted by Gasteiger charge is 2.47. The van der Waals surface area contributed by atoms with Crippen molar-refractivity contribution in [2.24, 2.45) is 0 Å². The predicted octanol–water partition coefficient (Wildman–Crippen LogP) is 2.14. The van der Waals surface area contributed by atoms with Crippen LogP contribution in [-0.2, 0) is 23.4 Å². The number of aliphatic hydroxyl groups is 1. The van der Waals surface area contributed by atoms with E-state index in [9.17, 15) is 14.5 Å². The largest absolute Gasteiger partial charge is 0.462 e. The van der Waals surface area contributed by atoms with Gasteiger partial charge >= 0.3 is 13.7 Å². The normalized spacial score (nSPS) is 24.2. The lowest BCUT2D eigenvalue weighted by Crippen LogP contribution is -2.37. The van der Waals surface area contributed by atoms with Crippen molar-refractivity contribution in [2.75, 3.05) is 12.3 Å². The minimum absolute atomic E-state index is 0.104. The average Bonchev–Trinajstić information content (AvgIpc) is 3.40. The Bertz CT molecular complexity index is 1280. The Morgan fingerprint density at radius 1 is 1.27 bits per heavy atom. The molecule has 0 amide bonds. The quantitative estimate of drug-likeness (QED) is 0.254. The Morgan fingerprint density at radius 2 is 2.00 bits per heavy atom. The van der Waals surface area contributed by atoms with Crippen LogP contribution in [0.25, 0.3) is 11.2 Å². The number of halogens is 1. The van der Waals surface area contributed by atoms with Gasteiger partial charge in [-0.15, -0.1) is 0 Å². The molecule has 13 nitrogen and oxygen atoms in total. The van der Waals surface area contributed by atoms with Crippen molar-refractivity contribution in [3.63, 3.8) is 0 Å². The fraction of sp³-hybridized carbons (Fsp3) is 0.455. The molecule has 0 aliphatic carbocycles. The third-order valence-corrected chi connectivity index (χ3v) is 7.03. The van der Waals surface area contributed by atoms with Crippen molar-refractivity contribution in [3.8, 4) is 5.75 Å². The standard InChI is InChI=1S/C22H28FN6O7P/c1-12(2)34-22(31)13(3)28-37(32,36-14-7-5-4-6-8-14)33-9-15-18(30)16(23)21(35-15)29-11-27-17-19(24)25-10-26-20(17)29/h4-8,10-13,15-16,18,21,30H,9H2,1-3H3,(H,28,32)(H2,24,25,26)/t13-,15-,16+,18-,21-,37-/m1/s1. The minimum atomic E-state index is -4.24. The number of carbonyl (C=O) groups is 1. The number of nitrogens with one attached hydrogen (secondary N) is 1. The molecule has 200 valence electrons. The van der Waals surface area contributed by atoms with Crippen LogP contribution in [-0.4, -0.2) is 67.7 Å². The summed E-state index contributed by atoms with van der Waals surface area (Å²) in [6, 6.07) is 7.06. The molecule has 0 saturated carbocycles. The van der Waals surface area contributed by atoms with Crippen molar-refractivity contribution >= 4 is 30.7 Å². The number of para-hydroxylation sites is 1. The van der Waals surface area contributed by atoms with Gasteiger partial charge in [-0.2, -0.15) is 5.09 Å². The zero-order valence-corrected chi connectivity index (χ0v) is 21.2. The summed E-state index contributed by atoms with van der Waals surface area (Å²) in [6.45, 7) is 4.24. The van der Waals surface area contributed by atoms with E-state index in [4.69, 9.17) is 24.3 Å². The number of rotatable bonds is 10. The van der Waals surface area contributed by atoms with Crippen LogP contribution >= 0.6 is 7.75 Å². The molecule has 4 N–H and O–H groups in total. The maximum atomic E-state index is 15.1. The number of benzene rings is 1. The van der Waals surface area contributed by atoms with Crippen LogP contribution in [0.3, 0.4) is 0 Å². The van der Waals surface area contributed by atoms with Gasteiger partial charge in [0.25, 0.3) is 0 Å². The molecule has 0 unspecified atom stereocenters. The number of hydrogen-bond donors (Lipinski definition) is 3. The van der Waals surface area contributed by atoms with Crippen molar-refractivity contribution in [1.29, 1.82) is 0 Å². The van der Waals surface area contributed by atoms with Gasteiger partial charge in [0.15, 0.2) is 23.9 Å². The van der Waals surface area contributed by atoms with Gasteiger partial charge in [-0.3, -0.25) is 13.9 Å². The maximum absolute atomic E-state index is 15.1. The van der Waals surface area contributed by atoms with E-state index < -0.39 is 57.1 Å². The molecule has 0 spiro atoms. The average molecular weight is 538 g/mol. The first kappa shape index (κ1) is 26.9. The number of fused-ring (bicyclic) bond motifs is 1. The van der Waals surface area contributed by atoms with E-state index in [1.165, 1.54) is 24.1 Å². The van der Waals surface area contributed by atoms with Crippen molar-refractivity contribution < 1.29 is 37.4 Å². The molecule has 6 atom stereocenters. The Hall–Kier alpha value is -3.16. The zero-order valence-electron chi connectivity index (χ0n) is 20.3. The highest BCUT2D eigenvalue weighted by molar-refractivity contribution is 7.52. The Balaban J connectivity index is 1.50. The Labute approximate surface area is 211 Å². The van der Waals surface area contributed by atoms with E-state index >= 15 is 4.39 Å². The third-order valence-electron chi connectivity index (χ3n) is 5.39. The first-order chi connectivity index (χ1) is 17.6. The lowest BCUT2D eigenvalue weighted by atomic mass is 10.1. The second-order valence-corrected chi connectivity index (χ2v) is 10.3. The van der Waals surface area contributed by atoms with E-state index in [0.29, 0.717) is 0 Å². The molecular formula is C22H28FN6O7P. The summed E-state index contributed by atoms with van der Waals surface area (Å²) < 4.78 is 51.9. The monoisotopic (exact) mass is 538 g/mol. The number of ether oxygens (including phenoxy) is 2. The molecule has 4 rings (SSSR count). The summed E-state index contributed by atoms with van der Waals surface area (Å²) in [5.74, 6) is -0.378. The molecule has 1 aliphatic rings. The fourth-order valence-electron chi connectivity index (χ4n) is 3.63. The molecule has 1 saturated heterocycles. The molecule has 0 bridgehead atoms. The summed E-state index contributed by atoms with van der Waals surface area (Å²) in [5, 5.41) is 13.0. The van der Waals surface area contributed by atoms with Gasteiger partial charge in [0.05, 0.1) is 19.0 Å². The number of alkyl halides is 1. The van der Waals surface area contributed by atoms with Gasteiger partial charge in [0, 0.05) is 0 Å². The van der Waals surface area contributed by atoms with Crippen LogP contribution in [0.1, 0.15) is 27.0 Å². The van der Waals surface area contributed by atoms with Gasteiger partial charge in [-0.25, -0.2) is 23.9 Å². The molecule has 1 fully saturated rings. The smallest absolute Gasteiger partial charge is 0.459 e. The second kappa shape index (κ2) is 11.1. The first-order valence-corrected chi connectivity index (χ1v) is 13.0. The van der Waals surface area contributed by atoms with Crippen LogP contribution in [0, 0.1) is 0 Å². The van der Waals surface area contributed by atoms with E-state index in [-0.39, 0.29) is 22.7 Å². The molecule has 15 heteroatoms. The first-order valence-electron chi connectivity index (χ1n) is 11.5. The molecule has 37 heavy (non-hydrogen) atoms. The molecule has 3 aromatic rings. The summed E-state index contributed by atoms with van der Waals surface area (Å²) in [5.41, 5.74) is 6.25. The summed E-state index contributed by atoms with van der Waals surface area (Å²) >= 11 is 0. The fourth-order valence-corrected chi connectivity index (χ4v) is 5.13. The third kappa shape index (κ3) is 6.05. The van der Waals surface area contributed by atoms with Crippen molar-refractivity contribution in [1.82, 2.24) is 24.6 Å². The number of aromatic nitrogens is 4. The number of hydrogen-bond acceptors (Lipinski definition) is 11. The number of esters is 1. The molecule has 1 aliphatic heterocycles. The van der Waals surface area contributed by atoms with Crippen molar-refractivity contribution in [2.45, 2.75) is 57.5 Å². The second-order valence-electron chi connectivity index (χ2n) is 8.62. The number of anilines is 1. The highest BCUT2D eigenvalue weighted by Crippen LogP contribution is 2.46. The number of imidazole rings is 1. The van der Waals surface area contributed by atoms with Gasteiger partial charge in [-0.1, -0.05) is 18.2 Å². The van der Waals surface area contributed by atoms with Gasteiger partial charge in [0.2, 0.25) is 0 Å². The molecule has 0 radical (unpaired) electrons. The maximum Gasteiger partial charge on any atom is 0.459 e. The topological polar surface area (TPSA) is 173 Å². The highest BCUT2D eigenvalue weighted by atomic mass is 31.2. The van der Waals surface area contributed by atoms with Gasteiger partial charge in [0.1, 0.15) is 35.8 Å². The zero-order chi connectivity index (χ0) is 26.7. The Kier molecular flexibility index (Phi) is 8.05. The SMILES string of the molecule is CC(C)OC(=O)[C@@H](C)N[P@@](=O)(OC[C@H]1O[C@@H](n2cnc3c(N)ncnc32)[C@@H](F)[C@@H]1O)Oc1ccccc1. The number of nitrogen functional groups attached to an aromatic ring is 1. The van der Waals surface area contributed by atoms with Gasteiger partial charge in [-0.05, 0) is 32.9 Å². The predicted molar refractivity (Wildman–Crippen MR) is 129 cm³/mol. The van der Waals surface area contributed by atoms with Crippen LogP contribution in [0.4, 0.5) is 10.2 Å². The van der Waals surface area contributed by atoms with E-state index in [1.54, 1.807) is 44.2 Å². The van der Waals surface area contributed by atoms with E-state index in [2.05, 4.69) is 20.0 Å². The van der Waals surface area contributed by atoms with Crippen LogP contribution in [0.15, 0.2) is 43.0 Å². The lowest BCUT2D eigenvalue weighted by Gasteiger charge is -2.25. The minimum Gasteiger partial charge on any atom is -0.462 e. The molecular weight excluding hydrogens is 510 g/mol. The van der Waals surface area contributed by atoms with E-state index in [1.807, 2.05) is 0 Å². The molecule has 3 heterocycles. The molecule has 2 aromatic heterocycles. The molecule has 1 aromatic carbocycles. The summed E-state index contributed by atoms with van der Waals surface area (Å²) in [6.07, 6.45) is -4.03. The van der Waals surface area contributed by atoms with Crippen LogP contribution in [0.2, 0.25) is 0 Å². The lowest BCUT2D eigenvalue weighted by molar-refractivity contribution is -0.149. The van der Waals surface area contributed by atoms with E-state index in [0.717, 1.165) is 0 Å². The number of nitrogens with two attached hydrogens (primary N) is 1. The summed E-state index contributed by atoms with van der Waals surface area (Å²) in [4.78, 5) is 24.3. The Morgan fingerprint density at radius 3 is 2.70 bits per heavy atom. The number of carbonyl (C=O) groups excluding carboxylic acids is 1. The van der Waals surface area contributed by atoms with Gasteiger partial charge < -0.3 is 24.8 Å².